The van der Waals surface area contributed by atoms with Crippen molar-refractivity contribution in [2.24, 2.45) is 17.8 Å². The third kappa shape index (κ3) is 6.32. The van der Waals surface area contributed by atoms with E-state index in [4.69, 9.17) is 9.47 Å². The summed E-state index contributed by atoms with van der Waals surface area (Å²) in [4.78, 5) is 13.1. The Hall–Kier alpha value is -0.870. The Kier molecular flexibility index (Phi) is 8.81. The minimum Gasteiger partial charge on any atom is -0.460 e. The van der Waals surface area contributed by atoms with Crippen LogP contribution in [-0.2, 0) is 14.3 Å². The number of allylic oxidation sites excluding steroid dienone is 1. The normalized spacial score (nSPS) is 29.3. The van der Waals surface area contributed by atoms with Crippen molar-refractivity contribution in [1.29, 1.82) is 0 Å². The van der Waals surface area contributed by atoms with Crippen LogP contribution in [0.2, 0.25) is 0 Å². The molecule has 0 aliphatic heterocycles. The average Bonchev–Trinajstić information content (AvgIpc) is 3.05. The molecule has 2 saturated carbocycles. The molecule has 1 unspecified atom stereocenters. The second kappa shape index (κ2) is 10.6. The SMILES string of the molecule is CCC/C=C/COC(C(=O)O[C@@H]1C[C@H](C)CC[C@H]1C(C)C)C1(O)CCCC1. The highest BCUT2D eigenvalue weighted by Gasteiger charge is 2.46. The highest BCUT2D eigenvalue weighted by Crippen LogP contribution is 2.38. The van der Waals surface area contributed by atoms with Crippen LogP contribution in [0.5, 0.6) is 0 Å². The molecule has 4 heteroatoms. The lowest BCUT2D eigenvalue weighted by molar-refractivity contribution is -0.186. The standard InChI is InChI=1S/C23H40O4/c1-5-6-7-10-15-26-21(23(25)13-8-9-14-23)22(24)27-20-16-18(4)11-12-19(20)17(2)3/h7,10,17-21,25H,5-6,8-9,11-16H2,1-4H3/b10-7+/t18-,19+,20-,21?/m1/s1. The topological polar surface area (TPSA) is 55.8 Å². The zero-order valence-corrected chi connectivity index (χ0v) is 17.8. The molecule has 0 aromatic carbocycles. The Labute approximate surface area is 165 Å². The zero-order valence-electron chi connectivity index (χ0n) is 17.8. The van der Waals surface area contributed by atoms with Gasteiger partial charge < -0.3 is 14.6 Å². The maximum absolute atomic E-state index is 13.1. The van der Waals surface area contributed by atoms with E-state index >= 15 is 0 Å². The van der Waals surface area contributed by atoms with E-state index in [0.717, 1.165) is 38.5 Å². The molecular weight excluding hydrogens is 340 g/mol. The predicted molar refractivity (Wildman–Crippen MR) is 108 cm³/mol. The first-order chi connectivity index (χ1) is 12.9. The third-order valence-corrected chi connectivity index (χ3v) is 6.38. The molecule has 156 valence electrons. The molecule has 2 fully saturated rings. The first-order valence-corrected chi connectivity index (χ1v) is 11.1. The minimum absolute atomic E-state index is 0.0620. The van der Waals surface area contributed by atoms with Crippen molar-refractivity contribution in [2.75, 3.05) is 6.61 Å². The molecule has 0 heterocycles. The minimum atomic E-state index is -1.08. The molecule has 0 aromatic rings. The van der Waals surface area contributed by atoms with Gasteiger partial charge in [-0.3, -0.25) is 0 Å². The second-order valence-corrected chi connectivity index (χ2v) is 9.09. The van der Waals surface area contributed by atoms with Crippen LogP contribution < -0.4 is 0 Å². The quantitative estimate of drug-likeness (QED) is 0.450. The molecule has 1 N–H and O–H groups in total. The smallest absolute Gasteiger partial charge is 0.338 e. The lowest BCUT2D eigenvalue weighted by Gasteiger charge is -2.38. The highest BCUT2D eigenvalue weighted by molar-refractivity contribution is 5.76. The monoisotopic (exact) mass is 380 g/mol. The van der Waals surface area contributed by atoms with Gasteiger partial charge in [-0.05, 0) is 49.9 Å². The maximum atomic E-state index is 13.1. The number of carbonyl (C=O) groups is 1. The first-order valence-electron chi connectivity index (χ1n) is 11.1. The molecule has 2 aliphatic carbocycles. The van der Waals surface area contributed by atoms with E-state index in [1.165, 1.54) is 6.42 Å². The largest absolute Gasteiger partial charge is 0.460 e. The molecule has 0 saturated heterocycles. The zero-order chi connectivity index (χ0) is 19.9. The summed E-state index contributed by atoms with van der Waals surface area (Å²) in [5, 5.41) is 11.0. The van der Waals surface area contributed by atoms with E-state index in [1.807, 2.05) is 6.08 Å². The van der Waals surface area contributed by atoms with Gasteiger partial charge in [0.15, 0.2) is 6.10 Å². The lowest BCUT2D eigenvalue weighted by Crippen LogP contribution is -2.49. The van der Waals surface area contributed by atoms with Crippen LogP contribution in [0, 0.1) is 17.8 Å². The summed E-state index contributed by atoms with van der Waals surface area (Å²) in [6.07, 6.45) is 11.5. The van der Waals surface area contributed by atoms with Gasteiger partial charge in [0.05, 0.1) is 6.61 Å². The summed E-state index contributed by atoms with van der Waals surface area (Å²) in [5.74, 6) is 1.09. The summed E-state index contributed by atoms with van der Waals surface area (Å²) in [7, 11) is 0. The Morgan fingerprint density at radius 2 is 1.93 bits per heavy atom. The molecule has 27 heavy (non-hydrogen) atoms. The van der Waals surface area contributed by atoms with Gasteiger partial charge in [0, 0.05) is 0 Å². The van der Waals surface area contributed by atoms with Crippen LogP contribution in [0.3, 0.4) is 0 Å². The molecule has 2 aliphatic rings. The maximum Gasteiger partial charge on any atom is 0.338 e. The van der Waals surface area contributed by atoms with Gasteiger partial charge in [0.2, 0.25) is 0 Å². The number of rotatable bonds is 9. The van der Waals surface area contributed by atoms with Gasteiger partial charge in [0.25, 0.3) is 0 Å². The molecule has 0 radical (unpaired) electrons. The molecule has 0 aromatic heterocycles. The van der Waals surface area contributed by atoms with E-state index in [1.54, 1.807) is 0 Å². The van der Waals surface area contributed by atoms with Crippen LogP contribution in [0.15, 0.2) is 12.2 Å². The van der Waals surface area contributed by atoms with Crippen molar-refractivity contribution in [1.82, 2.24) is 0 Å². The lowest BCUT2D eigenvalue weighted by atomic mass is 9.75. The fourth-order valence-corrected chi connectivity index (χ4v) is 4.66. The summed E-state index contributed by atoms with van der Waals surface area (Å²) in [6, 6.07) is 0. The van der Waals surface area contributed by atoms with Crippen LogP contribution in [0.4, 0.5) is 0 Å². The number of unbranched alkanes of at least 4 members (excludes halogenated alkanes) is 1. The number of aliphatic hydroxyl groups is 1. The van der Waals surface area contributed by atoms with E-state index < -0.39 is 11.7 Å². The van der Waals surface area contributed by atoms with Crippen LogP contribution in [-0.4, -0.2) is 35.5 Å². The van der Waals surface area contributed by atoms with Gasteiger partial charge in [-0.25, -0.2) is 4.79 Å². The van der Waals surface area contributed by atoms with Gasteiger partial charge in [-0.15, -0.1) is 0 Å². The van der Waals surface area contributed by atoms with E-state index in [-0.39, 0.29) is 12.1 Å². The number of esters is 1. The molecule has 4 nitrogen and oxygen atoms in total. The van der Waals surface area contributed by atoms with Crippen molar-refractivity contribution in [3.8, 4) is 0 Å². The van der Waals surface area contributed by atoms with E-state index in [9.17, 15) is 9.90 Å². The van der Waals surface area contributed by atoms with E-state index in [2.05, 4.69) is 33.8 Å². The van der Waals surface area contributed by atoms with Crippen LogP contribution in [0.1, 0.15) is 85.5 Å². The fourth-order valence-electron chi connectivity index (χ4n) is 4.66. The second-order valence-electron chi connectivity index (χ2n) is 9.09. The molecule has 4 atom stereocenters. The summed E-state index contributed by atoms with van der Waals surface area (Å²) < 4.78 is 11.9. The summed E-state index contributed by atoms with van der Waals surface area (Å²) in [6.45, 7) is 9.12. The van der Waals surface area contributed by atoms with Gasteiger partial charge >= 0.3 is 5.97 Å². The van der Waals surface area contributed by atoms with Crippen LogP contribution in [0.25, 0.3) is 0 Å². The molecular formula is C23H40O4. The van der Waals surface area contributed by atoms with Crippen molar-refractivity contribution in [2.45, 2.75) is 103 Å². The molecule has 0 amide bonds. The fraction of sp³-hybridized carbons (Fsp3) is 0.870. The molecule has 2 rings (SSSR count). The van der Waals surface area contributed by atoms with Gasteiger partial charge in [-0.1, -0.05) is 65.5 Å². The highest BCUT2D eigenvalue weighted by atomic mass is 16.6. The summed E-state index contributed by atoms with van der Waals surface area (Å²) in [5.41, 5.74) is -1.08. The number of ether oxygens (including phenoxy) is 2. The molecule has 0 spiro atoms. The van der Waals surface area contributed by atoms with E-state index in [0.29, 0.717) is 37.2 Å². The van der Waals surface area contributed by atoms with Crippen molar-refractivity contribution in [3.05, 3.63) is 12.2 Å². The third-order valence-electron chi connectivity index (χ3n) is 6.38. The number of hydrogen-bond donors (Lipinski definition) is 1. The first kappa shape index (κ1) is 22.4. The van der Waals surface area contributed by atoms with Crippen molar-refractivity contribution >= 4 is 5.97 Å². The predicted octanol–water partition coefficient (Wildman–Crippen LogP) is 5.04. The molecule has 0 bridgehead atoms. The Balaban J connectivity index is 2.05. The van der Waals surface area contributed by atoms with Gasteiger partial charge in [0.1, 0.15) is 11.7 Å². The summed E-state index contributed by atoms with van der Waals surface area (Å²) >= 11 is 0. The average molecular weight is 381 g/mol. The Morgan fingerprint density at radius 3 is 2.56 bits per heavy atom. The van der Waals surface area contributed by atoms with Crippen LogP contribution >= 0.6 is 0 Å². The number of carbonyl (C=O) groups excluding carboxylic acids is 1. The van der Waals surface area contributed by atoms with Gasteiger partial charge in [-0.2, -0.15) is 0 Å². The van der Waals surface area contributed by atoms with Crippen molar-refractivity contribution < 1.29 is 19.4 Å². The Bertz CT molecular complexity index is 479. The Morgan fingerprint density at radius 1 is 1.22 bits per heavy atom. The number of hydrogen-bond acceptors (Lipinski definition) is 4. The van der Waals surface area contributed by atoms with Crippen molar-refractivity contribution in [3.63, 3.8) is 0 Å².